The molecule has 0 aliphatic carbocycles. The summed E-state index contributed by atoms with van der Waals surface area (Å²) in [6.07, 6.45) is 0.984. The van der Waals surface area contributed by atoms with Gasteiger partial charge in [-0.05, 0) is 32.1 Å². The molecule has 0 radical (unpaired) electrons. The molecule has 3 heteroatoms. The van der Waals surface area contributed by atoms with Crippen LogP contribution in [0.3, 0.4) is 0 Å². The molecule has 1 N–H and O–H groups in total. The number of para-hydroxylation sites is 1. The van der Waals surface area contributed by atoms with E-state index in [0.29, 0.717) is 11.5 Å². The first kappa shape index (κ1) is 11.1. The van der Waals surface area contributed by atoms with Gasteiger partial charge in [0.15, 0.2) is 11.4 Å². The third-order valence-electron chi connectivity index (χ3n) is 2.83. The predicted octanol–water partition coefficient (Wildman–Crippen LogP) is 3.28. The number of fused-ring (bicyclic) bond motifs is 1. The van der Waals surface area contributed by atoms with E-state index in [4.69, 9.17) is 4.42 Å². The van der Waals surface area contributed by atoms with Gasteiger partial charge in [0.2, 0.25) is 0 Å². The molecule has 0 saturated carbocycles. The Balaban J connectivity index is 2.29. The van der Waals surface area contributed by atoms with Crippen LogP contribution in [0.1, 0.15) is 25.0 Å². The average molecular weight is 221 g/mol. The van der Waals surface area contributed by atoms with E-state index < -0.39 is 0 Å². The van der Waals surface area contributed by atoms with Crippen LogP contribution in [0.4, 0.5) is 4.39 Å². The molecule has 0 saturated heterocycles. The second kappa shape index (κ2) is 4.66. The Morgan fingerprint density at radius 3 is 2.94 bits per heavy atom. The van der Waals surface area contributed by atoms with E-state index in [2.05, 4.69) is 12.2 Å². The molecule has 1 unspecified atom stereocenters. The summed E-state index contributed by atoms with van der Waals surface area (Å²) in [5.41, 5.74) is 0.369. The first-order chi connectivity index (χ1) is 7.72. The molecular weight excluding hydrogens is 205 g/mol. The van der Waals surface area contributed by atoms with Crippen molar-refractivity contribution in [3.05, 3.63) is 35.8 Å². The van der Waals surface area contributed by atoms with Gasteiger partial charge >= 0.3 is 0 Å². The number of benzene rings is 1. The van der Waals surface area contributed by atoms with Crippen molar-refractivity contribution >= 4 is 11.0 Å². The molecule has 1 heterocycles. The second-order valence-corrected chi connectivity index (χ2v) is 4.10. The maximum Gasteiger partial charge on any atom is 0.169 e. The van der Waals surface area contributed by atoms with Crippen LogP contribution in [-0.2, 0) is 0 Å². The SMILES string of the molecule is CNCCC(C)c1cc2cccc(F)c2o1. The van der Waals surface area contributed by atoms with Crippen LogP contribution in [0.5, 0.6) is 0 Å². The fourth-order valence-electron chi connectivity index (χ4n) is 1.79. The third-order valence-corrected chi connectivity index (χ3v) is 2.83. The Morgan fingerprint density at radius 2 is 2.25 bits per heavy atom. The Hall–Kier alpha value is -1.35. The number of halogens is 1. The molecule has 2 aromatic rings. The molecule has 0 spiro atoms. The van der Waals surface area contributed by atoms with E-state index in [1.54, 1.807) is 6.07 Å². The van der Waals surface area contributed by atoms with Crippen molar-refractivity contribution in [3.63, 3.8) is 0 Å². The van der Waals surface area contributed by atoms with Gasteiger partial charge in [0.25, 0.3) is 0 Å². The topological polar surface area (TPSA) is 25.2 Å². The third kappa shape index (κ3) is 2.09. The molecule has 0 amide bonds. The largest absolute Gasteiger partial charge is 0.458 e. The van der Waals surface area contributed by atoms with Gasteiger partial charge in [-0.2, -0.15) is 0 Å². The molecule has 0 fully saturated rings. The van der Waals surface area contributed by atoms with E-state index in [1.807, 2.05) is 19.2 Å². The van der Waals surface area contributed by atoms with Gasteiger partial charge in [0, 0.05) is 11.3 Å². The van der Waals surface area contributed by atoms with Crippen molar-refractivity contribution in [1.29, 1.82) is 0 Å². The molecule has 1 aromatic heterocycles. The minimum absolute atomic E-state index is 0.287. The van der Waals surface area contributed by atoms with Crippen molar-refractivity contribution in [1.82, 2.24) is 5.32 Å². The van der Waals surface area contributed by atoms with Crippen molar-refractivity contribution in [2.45, 2.75) is 19.3 Å². The number of hydrogen-bond acceptors (Lipinski definition) is 2. The summed E-state index contributed by atoms with van der Waals surface area (Å²) < 4.78 is 19.0. The lowest BCUT2D eigenvalue weighted by Gasteiger charge is -2.06. The molecule has 16 heavy (non-hydrogen) atoms. The first-order valence-corrected chi connectivity index (χ1v) is 5.55. The van der Waals surface area contributed by atoms with Crippen LogP contribution in [-0.4, -0.2) is 13.6 Å². The summed E-state index contributed by atoms with van der Waals surface area (Å²) >= 11 is 0. The van der Waals surface area contributed by atoms with E-state index in [1.165, 1.54) is 6.07 Å². The van der Waals surface area contributed by atoms with E-state index in [-0.39, 0.29) is 5.82 Å². The highest BCUT2D eigenvalue weighted by Crippen LogP contribution is 2.28. The standard InChI is InChI=1S/C13H16FNO/c1-9(6-7-15-2)12-8-10-4-3-5-11(14)13(10)16-12/h3-5,8-9,15H,6-7H2,1-2H3. The van der Waals surface area contributed by atoms with Crippen LogP contribution in [0.15, 0.2) is 28.7 Å². The van der Waals surface area contributed by atoms with Gasteiger partial charge in [-0.25, -0.2) is 4.39 Å². The van der Waals surface area contributed by atoms with Crippen molar-refractivity contribution in [2.24, 2.45) is 0 Å². The number of nitrogens with one attached hydrogen (secondary N) is 1. The summed E-state index contributed by atoms with van der Waals surface area (Å²) in [7, 11) is 1.92. The van der Waals surface area contributed by atoms with Crippen LogP contribution in [0.2, 0.25) is 0 Å². The lowest BCUT2D eigenvalue weighted by atomic mass is 10.0. The molecule has 0 aliphatic heterocycles. The molecule has 0 aliphatic rings. The summed E-state index contributed by atoms with van der Waals surface area (Å²) in [4.78, 5) is 0. The molecule has 2 nitrogen and oxygen atoms in total. The van der Waals surface area contributed by atoms with Gasteiger partial charge < -0.3 is 9.73 Å². The van der Waals surface area contributed by atoms with Gasteiger partial charge in [-0.15, -0.1) is 0 Å². The molecule has 2 rings (SSSR count). The first-order valence-electron chi connectivity index (χ1n) is 5.55. The Bertz CT molecular complexity index is 478. The normalized spacial score (nSPS) is 13.2. The minimum atomic E-state index is -0.287. The molecular formula is C13H16FNO. The molecule has 1 aromatic carbocycles. The molecule has 1 atom stereocenters. The highest BCUT2D eigenvalue weighted by Gasteiger charge is 2.13. The van der Waals surface area contributed by atoms with E-state index >= 15 is 0 Å². The number of furan rings is 1. The zero-order valence-corrected chi connectivity index (χ0v) is 9.59. The van der Waals surface area contributed by atoms with Gasteiger partial charge in [-0.1, -0.05) is 19.1 Å². The quantitative estimate of drug-likeness (QED) is 0.857. The van der Waals surface area contributed by atoms with Crippen LogP contribution >= 0.6 is 0 Å². The maximum atomic E-state index is 13.4. The second-order valence-electron chi connectivity index (χ2n) is 4.10. The Kier molecular flexibility index (Phi) is 3.25. The van der Waals surface area contributed by atoms with Gasteiger partial charge in [0.1, 0.15) is 5.76 Å². The van der Waals surface area contributed by atoms with Crippen molar-refractivity contribution in [3.8, 4) is 0 Å². The maximum absolute atomic E-state index is 13.4. The highest BCUT2D eigenvalue weighted by molar-refractivity contribution is 5.78. The summed E-state index contributed by atoms with van der Waals surface area (Å²) in [5.74, 6) is 0.874. The van der Waals surface area contributed by atoms with Gasteiger partial charge in [0.05, 0.1) is 0 Å². The summed E-state index contributed by atoms with van der Waals surface area (Å²) in [5, 5.41) is 3.94. The zero-order valence-electron chi connectivity index (χ0n) is 9.59. The van der Waals surface area contributed by atoms with Crippen LogP contribution < -0.4 is 5.32 Å². The molecule has 0 bridgehead atoms. The van der Waals surface area contributed by atoms with E-state index in [0.717, 1.165) is 24.1 Å². The fourth-order valence-corrected chi connectivity index (χ4v) is 1.79. The highest BCUT2D eigenvalue weighted by atomic mass is 19.1. The van der Waals surface area contributed by atoms with Crippen molar-refractivity contribution < 1.29 is 8.81 Å². The Labute approximate surface area is 94.4 Å². The van der Waals surface area contributed by atoms with Crippen molar-refractivity contribution in [2.75, 3.05) is 13.6 Å². The number of rotatable bonds is 4. The summed E-state index contributed by atoms with van der Waals surface area (Å²) in [6, 6.07) is 6.93. The smallest absolute Gasteiger partial charge is 0.169 e. The number of hydrogen-bond donors (Lipinski definition) is 1. The average Bonchev–Trinajstić information content (AvgIpc) is 2.71. The predicted molar refractivity (Wildman–Crippen MR) is 63.1 cm³/mol. The van der Waals surface area contributed by atoms with Gasteiger partial charge in [-0.3, -0.25) is 0 Å². The summed E-state index contributed by atoms with van der Waals surface area (Å²) in [6.45, 7) is 3.02. The monoisotopic (exact) mass is 221 g/mol. The lowest BCUT2D eigenvalue weighted by Crippen LogP contribution is -2.10. The zero-order chi connectivity index (χ0) is 11.5. The lowest BCUT2D eigenvalue weighted by molar-refractivity contribution is 0.471. The van der Waals surface area contributed by atoms with Crippen LogP contribution in [0, 0.1) is 5.82 Å². The minimum Gasteiger partial charge on any atom is -0.458 e. The fraction of sp³-hybridized carbons (Fsp3) is 0.385. The molecule has 86 valence electrons. The Morgan fingerprint density at radius 1 is 1.44 bits per heavy atom. The van der Waals surface area contributed by atoms with E-state index in [9.17, 15) is 4.39 Å². The van der Waals surface area contributed by atoms with Crippen LogP contribution in [0.25, 0.3) is 11.0 Å².